The van der Waals surface area contributed by atoms with E-state index in [9.17, 15) is 0 Å². The molecule has 1 saturated carbocycles. The second kappa shape index (κ2) is 6.50. The van der Waals surface area contributed by atoms with Gasteiger partial charge in [0.1, 0.15) is 0 Å². The summed E-state index contributed by atoms with van der Waals surface area (Å²) in [6, 6.07) is 8.88. The molecule has 1 spiro atoms. The van der Waals surface area contributed by atoms with E-state index in [0.29, 0.717) is 5.92 Å². The molecular weight excluding hydrogens is 258 g/mol. The Kier molecular flexibility index (Phi) is 4.66. The summed E-state index contributed by atoms with van der Waals surface area (Å²) in [7, 11) is 0. The van der Waals surface area contributed by atoms with Crippen molar-refractivity contribution in [2.45, 2.75) is 69.9 Å². The molecule has 2 aliphatic rings. The van der Waals surface area contributed by atoms with Gasteiger partial charge in [-0.15, -0.1) is 0 Å². The highest BCUT2D eigenvalue weighted by molar-refractivity contribution is 5.30. The van der Waals surface area contributed by atoms with Gasteiger partial charge in [0.15, 0.2) is 0 Å². The minimum absolute atomic E-state index is 0.153. The molecule has 1 aromatic carbocycles. The zero-order chi connectivity index (χ0) is 14.7. The summed E-state index contributed by atoms with van der Waals surface area (Å²) in [4.78, 5) is 0. The molecule has 116 valence electrons. The number of hydrogen-bond acceptors (Lipinski definition) is 2. The summed E-state index contributed by atoms with van der Waals surface area (Å²) in [5, 5.41) is 0. The molecule has 3 rings (SSSR count). The lowest BCUT2D eigenvalue weighted by molar-refractivity contribution is -0.120. The fraction of sp³-hybridized carbons (Fsp3) is 0.684. The molecule has 2 N–H and O–H groups in total. The molecule has 2 fully saturated rings. The fourth-order valence-electron chi connectivity index (χ4n) is 4.35. The van der Waals surface area contributed by atoms with E-state index >= 15 is 0 Å². The summed E-state index contributed by atoms with van der Waals surface area (Å²) in [6.45, 7) is 3.12. The normalized spacial score (nSPS) is 26.7. The number of hydrogen-bond donors (Lipinski definition) is 1. The zero-order valence-corrected chi connectivity index (χ0v) is 13.3. The van der Waals surface area contributed by atoms with Crippen LogP contribution in [0.4, 0.5) is 0 Å². The smallest absolute Gasteiger partial charge is 0.0685 e. The van der Waals surface area contributed by atoms with E-state index in [1.165, 1.54) is 43.2 Å². The number of ether oxygens (including phenoxy) is 1. The van der Waals surface area contributed by atoms with Crippen molar-refractivity contribution in [2.75, 3.05) is 6.61 Å². The highest BCUT2D eigenvalue weighted by atomic mass is 16.5. The van der Waals surface area contributed by atoms with Gasteiger partial charge in [0.05, 0.1) is 5.60 Å². The molecule has 2 heteroatoms. The predicted octanol–water partition coefficient (Wildman–Crippen LogP) is 4.38. The van der Waals surface area contributed by atoms with Gasteiger partial charge in [-0.1, -0.05) is 50.5 Å². The van der Waals surface area contributed by atoms with E-state index in [-0.39, 0.29) is 11.6 Å². The Morgan fingerprint density at radius 3 is 2.76 bits per heavy atom. The van der Waals surface area contributed by atoms with Crippen LogP contribution < -0.4 is 5.73 Å². The minimum Gasteiger partial charge on any atom is -0.375 e. The molecule has 1 saturated heterocycles. The molecule has 0 bridgehead atoms. The standard InChI is InChI=1S/C19H29NO/c1-2-15-8-4-5-9-17(15)18(20)16-10-13-21-19(14-16)11-6-3-7-12-19/h4-5,8-9,16,18H,2-3,6-7,10-14,20H2,1H3. The molecule has 0 radical (unpaired) electrons. The maximum atomic E-state index is 6.68. The van der Waals surface area contributed by atoms with Gasteiger partial charge in [-0.25, -0.2) is 0 Å². The molecular formula is C19H29NO. The van der Waals surface area contributed by atoms with Gasteiger partial charge >= 0.3 is 0 Å². The first kappa shape index (κ1) is 15.1. The zero-order valence-electron chi connectivity index (χ0n) is 13.3. The Hall–Kier alpha value is -0.860. The Morgan fingerprint density at radius 1 is 1.24 bits per heavy atom. The Bertz CT molecular complexity index is 459. The molecule has 1 aliphatic heterocycles. The lowest BCUT2D eigenvalue weighted by Crippen LogP contribution is -2.44. The van der Waals surface area contributed by atoms with E-state index in [4.69, 9.17) is 10.5 Å². The lowest BCUT2D eigenvalue weighted by Gasteiger charge is -2.45. The summed E-state index contributed by atoms with van der Waals surface area (Å²) >= 11 is 0. The molecule has 1 aliphatic carbocycles. The maximum Gasteiger partial charge on any atom is 0.0685 e. The average molecular weight is 287 g/mol. The summed E-state index contributed by atoms with van der Waals surface area (Å²) in [5.41, 5.74) is 9.60. The highest BCUT2D eigenvalue weighted by Crippen LogP contribution is 2.44. The van der Waals surface area contributed by atoms with Crippen molar-refractivity contribution in [3.8, 4) is 0 Å². The van der Waals surface area contributed by atoms with Crippen LogP contribution in [0, 0.1) is 5.92 Å². The van der Waals surface area contributed by atoms with Crippen molar-refractivity contribution in [3.05, 3.63) is 35.4 Å². The predicted molar refractivity (Wildman–Crippen MR) is 87.2 cm³/mol. The van der Waals surface area contributed by atoms with Crippen molar-refractivity contribution in [1.82, 2.24) is 0 Å². The first-order valence-corrected chi connectivity index (χ1v) is 8.71. The van der Waals surface area contributed by atoms with E-state index in [2.05, 4.69) is 31.2 Å². The number of nitrogens with two attached hydrogens (primary N) is 1. The van der Waals surface area contributed by atoms with Gasteiger partial charge in [-0.3, -0.25) is 0 Å². The van der Waals surface area contributed by atoms with Crippen LogP contribution in [0.2, 0.25) is 0 Å². The van der Waals surface area contributed by atoms with E-state index in [1.54, 1.807) is 0 Å². The third-order valence-corrected chi connectivity index (χ3v) is 5.60. The minimum atomic E-state index is 0.153. The monoisotopic (exact) mass is 287 g/mol. The van der Waals surface area contributed by atoms with Gasteiger partial charge < -0.3 is 10.5 Å². The number of benzene rings is 1. The van der Waals surface area contributed by atoms with E-state index in [0.717, 1.165) is 25.9 Å². The Balaban J connectivity index is 1.76. The SMILES string of the molecule is CCc1ccccc1C(N)C1CCOC2(CCCCC2)C1. The van der Waals surface area contributed by atoms with Crippen LogP contribution >= 0.6 is 0 Å². The number of aryl methyl sites for hydroxylation is 1. The second-order valence-corrected chi connectivity index (χ2v) is 6.92. The topological polar surface area (TPSA) is 35.2 Å². The van der Waals surface area contributed by atoms with Gasteiger partial charge in [-0.2, -0.15) is 0 Å². The van der Waals surface area contributed by atoms with Crippen LogP contribution in [0.5, 0.6) is 0 Å². The first-order chi connectivity index (χ1) is 10.2. The van der Waals surface area contributed by atoms with Crippen molar-refractivity contribution < 1.29 is 4.74 Å². The molecule has 2 nitrogen and oxygen atoms in total. The van der Waals surface area contributed by atoms with Crippen molar-refractivity contribution in [2.24, 2.45) is 11.7 Å². The summed E-state index contributed by atoms with van der Waals surface area (Å²) < 4.78 is 6.22. The highest BCUT2D eigenvalue weighted by Gasteiger charge is 2.40. The maximum absolute atomic E-state index is 6.68. The molecule has 0 aromatic heterocycles. The third-order valence-electron chi connectivity index (χ3n) is 5.60. The van der Waals surface area contributed by atoms with Crippen molar-refractivity contribution >= 4 is 0 Å². The molecule has 2 atom stereocenters. The quantitative estimate of drug-likeness (QED) is 0.895. The molecule has 0 amide bonds. The van der Waals surface area contributed by atoms with Gasteiger partial charge in [-0.05, 0) is 49.1 Å². The average Bonchev–Trinajstić information content (AvgIpc) is 2.55. The van der Waals surface area contributed by atoms with Crippen LogP contribution in [-0.4, -0.2) is 12.2 Å². The first-order valence-electron chi connectivity index (χ1n) is 8.71. The molecule has 1 heterocycles. The lowest BCUT2D eigenvalue weighted by atomic mass is 9.73. The number of rotatable bonds is 3. The molecule has 2 unspecified atom stereocenters. The van der Waals surface area contributed by atoms with Crippen LogP contribution in [0.15, 0.2) is 24.3 Å². The summed E-state index contributed by atoms with van der Waals surface area (Å²) in [5.74, 6) is 0.574. The van der Waals surface area contributed by atoms with Crippen molar-refractivity contribution in [3.63, 3.8) is 0 Å². The Labute approximate surface area is 129 Å². The van der Waals surface area contributed by atoms with Crippen LogP contribution in [0.1, 0.15) is 69.0 Å². The molecule has 1 aromatic rings. The van der Waals surface area contributed by atoms with Gasteiger partial charge in [0, 0.05) is 12.6 Å². The summed E-state index contributed by atoms with van der Waals surface area (Å²) in [6.07, 6.45) is 9.85. The Morgan fingerprint density at radius 2 is 2.00 bits per heavy atom. The third kappa shape index (κ3) is 3.17. The van der Waals surface area contributed by atoms with E-state index < -0.39 is 0 Å². The largest absolute Gasteiger partial charge is 0.375 e. The van der Waals surface area contributed by atoms with Gasteiger partial charge in [0.2, 0.25) is 0 Å². The van der Waals surface area contributed by atoms with Gasteiger partial charge in [0.25, 0.3) is 0 Å². The van der Waals surface area contributed by atoms with Crippen molar-refractivity contribution in [1.29, 1.82) is 0 Å². The fourth-order valence-corrected chi connectivity index (χ4v) is 4.35. The van der Waals surface area contributed by atoms with Crippen LogP contribution in [0.25, 0.3) is 0 Å². The van der Waals surface area contributed by atoms with Crippen LogP contribution in [-0.2, 0) is 11.2 Å². The van der Waals surface area contributed by atoms with E-state index in [1.807, 2.05) is 0 Å². The second-order valence-electron chi connectivity index (χ2n) is 6.92. The molecule has 21 heavy (non-hydrogen) atoms. The van der Waals surface area contributed by atoms with Crippen LogP contribution in [0.3, 0.4) is 0 Å².